The zero-order valence-electron chi connectivity index (χ0n) is 14.8. The molecule has 0 saturated carbocycles. The highest BCUT2D eigenvalue weighted by atomic mass is 35.5. The van der Waals surface area contributed by atoms with Gasteiger partial charge in [0.05, 0.1) is 9.85 Å². The van der Waals surface area contributed by atoms with Crippen molar-refractivity contribution in [3.63, 3.8) is 0 Å². The summed E-state index contributed by atoms with van der Waals surface area (Å²) in [5.41, 5.74) is 0.264. The second-order valence-corrected chi connectivity index (χ2v) is 6.79. The number of carbonyl (C=O) groups is 1. The Bertz CT molecular complexity index is 944. The van der Waals surface area contributed by atoms with Crippen LogP contribution in [0.25, 0.3) is 0 Å². The lowest BCUT2D eigenvalue weighted by Crippen LogP contribution is -2.30. The van der Waals surface area contributed by atoms with Gasteiger partial charge in [-0.1, -0.05) is 11.6 Å². The first-order valence-corrected chi connectivity index (χ1v) is 9.03. The Labute approximate surface area is 165 Å². The van der Waals surface area contributed by atoms with Crippen molar-refractivity contribution in [2.75, 3.05) is 23.3 Å². The SMILES string of the molecule is O=C(Nc1ccc(Cl)c([N+](=O)[O-])c1)c1ccc(N2CCCCC2)c([N+](=O)[O-])c1. The van der Waals surface area contributed by atoms with Crippen molar-refractivity contribution in [1.82, 2.24) is 0 Å². The number of hydrogen-bond acceptors (Lipinski definition) is 6. The van der Waals surface area contributed by atoms with Gasteiger partial charge in [-0.2, -0.15) is 0 Å². The van der Waals surface area contributed by atoms with E-state index in [0.29, 0.717) is 5.69 Å². The number of benzene rings is 2. The number of anilines is 2. The van der Waals surface area contributed by atoms with Crippen LogP contribution < -0.4 is 10.2 Å². The van der Waals surface area contributed by atoms with Crippen molar-refractivity contribution >= 4 is 40.3 Å². The van der Waals surface area contributed by atoms with E-state index in [1.54, 1.807) is 6.07 Å². The fraction of sp³-hybridized carbons (Fsp3) is 0.278. The number of rotatable bonds is 5. The molecule has 1 N–H and O–H groups in total. The molecular formula is C18H17ClN4O5. The van der Waals surface area contributed by atoms with Gasteiger partial charge in [0, 0.05) is 36.5 Å². The Morgan fingerprint density at radius 2 is 1.64 bits per heavy atom. The van der Waals surface area contributed by atoms with Crippen LogP contribution in [0.15, 0.2) is 36.4 Å². The molecule has 0 bridgehead atoms. The van der Waals surface area contributed by atoms with Crippen molar-refractivity contribution in [3.8, 4) is 0 Å². The topological polar surface area (TPSA) is 119 Å². The fourth-order valence-electron chi connectivity index (χ4n) is 3.15. The van der Waals surface area contributed by atoms with Crippen molar-refractivity contribution < 1.29 is 14.6 Å². The number of nitrogens with one attached hydrogen (secondary N) is 1. The average molecular weight is 405 g/mol. The number of halogens is 1. The average Bonchev–Trinajstić information content (AvgIpc) is 2.69. The molecule has 9 nitrogen and oxygen atoms in total. The maximum atomic E-state index is 12.5. The summed E-state index contributed by atoms with van der Waals surface area (Å²) in [5.74, 6) is -0.607. The van der Waals surface area contributed by atoms with Crippen LogP contribution >= 0.6 is 11.6 Å². The van der Waals surface area contributed by atoms with Gasteiger partial charge in [-0.25, -0.2) is 0 Å². The molecule has 1 fully saturated rings. The predicted molar refractivity (Wildman–Crippen MR) is 105 cm³/mol. The molecule has 1 amide bonds. The summed E-state index contributed by atoms with van der Waals surface area (Å²) in [5, 5.41) is 24.9. The van der Waals surface area contributed by atoms with Crippen LogP contribution in [0.1, 0.15) is 29.6 Å². The van der Waals surface area contributed by atoms with E-state index in [-0.39, 0.29) is 27.6 Å². The fourth-order valence-corrected chi connectivity index (χ4v) is 3.33. The number of amides is 1. The van der Waals surface area contributed by atoms with Crippen molar-refractivity contribution in [2.24, 2.45) is 0 Å². The minimum absolute atomic E-state index is 0.0514. The second-order valence-electron chi connectivity index (χ2n) is 6.39. The Balaban J connectivity index is 1.86. The first-order valence-electron chi connectivity index (χ1n) is 8.65. The first kappa shape index (κ1) is 19.6. The zero-order valence-corrected chi connectivity index (χ0v) is 15.5. The van der Waals surface area contributed by atoms with Crippen molar-refractivity contribution in [1.29, 1.82) is 0 Å². The van der Waals surface area contributed by atoms with E-state index in [4.69, 9.17) is 11.6 Å². The van der Waals surface area contributed by atoms with Crippen LogP contribution in [0.3, 0.4) is 0 Å². The Kier molecular flexibility index (Phi) is 5.74. The quantitative estimate of drug-likeness (QED) is 0.582. The first-order chi connectivity index (χ1) is 13.4. The molecule has 1 heterocycles. The maximum Gasteiger partial charge on any atom is 0.293 e. The van der Waals surface area contributed by atoms with E-state index in [9.17, 15) is 25.0 Å². The molecule has 0 aromatic heterocycles. The van der Waals surface area contributed by atoms with Gasteiger partial charge in [0.2, 0.25) is 0 Å². The van der Waals surface area contributed by atoms with Crippen LogP contribution in [0, 0.1) is 20.2 Å². The molecule has 2 aromatic rings. The van der Waals surface area contributed by atoms with Crippen LogP contribution in [0.5, 0.6) is 0 Å². The van der Waals surface area contributed by atoms with Gasteiger partial charge in [-0.3, -0.25) is 25.0 Å². The third kappa shape index (κ3) is 4.20. The van der Waals surface area contributed by atoms with Crippen molar-refractivity contribution in [3.05, 3.63) is 67.2 Å². The molecule has 3 rings (SSSR count). The minimum Gasteiger partial charge on any atom is -0.366 e. The summed E-state index contributed by atoms with van der Waals surface area (Å²) in [6.07, 6.45) is 3.03. The highest BCUT2D eigenvalue weighted by molar-refractivity contribution is 6.32. The van der Waals surface area contributed by atoms with Gasteiger partial charge in [0.1, 0.15) is 10.7 Å². The second kappa shape index (κ2) is 8.22. The normalized spacial score (nSPS) is 13.8. The summed E-state index contributed by atoms with van der Waals surface area (Å²) in [7, 11) is 0. The highest BCUT2D eigenvalue weighted by Crippen LogP contribution is 2.32. The number of nitrogens with zero attached hydrogens (tertiary/aromatic N) is 3. The number of carbonyl (C=O) groups excluding carboxylic acids is 1. The Morgan fingerprint density at radius 1 is 0.964 bits per heavy atom. The lowest BCUT2D eigenvalue weighted by Gasteiger charge is -2.28. The molecule has 0 spiro atoms. The van der Waals surface area contributed by atoms with Crippen LogP contribution in [-0.2, 0) is 0 Å². The summed E-state index contributed by atoms with van der Waals surface area (Å²) in [6, 6.07) is 8.17. The van der Waals surface area contributed by atoms with E-state index in [2.05, 4.69) is 5.32 Å². The summed E-state index contributed by atoms with van der Waals surface area (Å²) < 4.78 is 0. The van der Waals surface area contributed by atoms with Gasteiger partial charge in [-0.05, 0) is 43.5 Å². The van der Waals surface area contributed by atoms with E-state index in [0.717, 1.165) is 38.4 Å². The summed E-state index contributed by atoms with van der Waals surface area (Å²) in [6.45, 7) is 1.47. The van der Waals surface area contributed by atoms with E-state index in [1.807, 2.05) is 4.90 Å². The highest BCUT2D eigenvalue weighted by Gasteiger charge is 2.23. The van der Waals surface area contributed by atoms with Crippen LogP contribution in [-0.4, -0.2) is 28.8 Å². The Morgan fingerprint density at radius 3 is 2.29 bits per heavy atom. The van der Waals surface area contributed by atoms with Crippen LogP contribution in [0.4, 0.5) is 22.7 Å². The summed E-state index contributed by atoms with van der Waals surface area (Å²) in [4.78, 5) is 35.8. The minimum atomic E-state index is -0.657. The molecule has 1 aliphatic rings. The molecule has 0 radical (unpaired) electrons. The van der Waals surface area contributed by atoms with E-state index < -0.39 is 15.8 Å². The number of nitro groups is 2. The van der Waals surface area contributed by atoms with Gasteiger partial charge in [0.25, 0.3) is 17.3 Å². The largest absolute Gasteiger partial charge is 0.366 e. The molecular weight excluding hydrogens is 388 g/mol. The monoisotopic (exact) mass is 404 g/mol. The maximum absolute atomic E-state index is 12.5. The molecule has 146 valence electrons. The van der Waals surface area contributed by atoms with Gasteiger partial charge in [0.15, 0.2) is 0 Å². The molecule has 28 heavy (non-hydrogen) atoms. The van der Waals surface area contributed by atoms with Gasteiger partial charge in [-0.15, -0.1) is 0 Å². The number of piperidine rings is 1. The van der Waals surface area contributed by atoms with Gasteiger partial charge >= 0.3 is 0 Å². The third-order valence-electron chi connectivity index (χ3n) is 4.53. The standard InChI is InChI=1S/C18H17ClN4O5/c19-14-6-5-13(11-16(14)22(25)26)20-18(24)12-4-7-15(17(10-12)23(27)28)21-8-2-1-3-9-21/h4-7,10-11H,1-3,8-9H2,(H,20,24). The molecule has 1 saturated heterocycles. The van der Waals surface area contributed by atoms with Gasteiger partial charge < -0.3 is 10.2 Å². The summed E-state index contributed by atoms with van der Waals surface area (Å²) >= 11 is 5.76. The Hall–Kier alpha value is -3.20. The van der Waals surface area contributed by atoms with E-state index in [1.165, 1.54) is 24.3 Å². The molecule has 2 aromatic carbocycles. The van der Waals surface area contributed by atoms with E-state index >= 15 is 0 Å². The molecule has 10 heteroatoms. The van der Waals surface area contributed by atoms with Crippen molar-refractivity contribution in [2.45, 2.75) is 19.3 Å². The lowest BCUT2D eigenvalue weighted by atomic mass is 10.1. The molecule has 0 aliphatic carbocycles. The molecule has 0 atom stereocenters. The number of hydrogen-bond donors (Lipinski definition) is 1. The molecule has 0 unspecified atom stereocenters. The molecule has 1 aliphatic heterocycles. The van der Waals surface area contributed by atoms with Crippen LogP contribution in [0.2, 0.25) is 5.02 Å². The third-order valence-corrected chi connectivity index (χ3v) is 4.85. The predicted octanol–water partition coefficient (Wildman–Crippen LogP) is 4.40. The number of nitro benzene ring substituents is 2. The lowest BCUT2D eigenvalue weighted by molar-refractivity contribution is -0.384. The zero-order chi connectivity index (χ0) is 20.3. The smallest absolute Gasteiger partial charge is 0.293 e.